The number of carbonyl (C=O) groups excluding carboxylic acids is 3. The molecule has 0 radical (unpaired) electrons. The zero-order valence-electron chi connectivity index (χ0n) is 11.3. The van der Waals surface area contributed by atoms with Crippen LogP contribution in [0.3, 0.4) is 0 Å². The third-order valence-electron chi connectivity index (χ3n) is 2.91. The van der Waals surface area contributed by atoms with Gasteiger partial charge in [0.05, 0.1) is 0 Å². The molecule has 0 spiro atoms. The Morgan fingerprint density at radius 1 is 1.11 bits per heavy atom. The molecule has 1 fully saturated rings. The Bertz CT molecular complexity index is 360. The van der Waals surface area contributed by atoms with Gasteiger partial charge in [0.25, 0.3) is 0 Å². The first kappa shape index (κ1) is 15.2. The lowest BCUT2D eigenvalue weighted by molar-refractivity contribution is -0.134. The summed E-state index contributed by atoms with van der Waals surface area (Å²) in [7, 11) is 0. The summed E-state index contributed by atoms with van der Waals surface area (Å²) in [6.45, 7) is 7.03. The molecule has 0 unspecified atom stereocenters. The van der Waals surface area contributed by atoms with Crippen molar-refractivity contribution in [2.75, 3.05) is 32.8 Å². The monoisotopic (exact) mass is 268 g/mol. The number of piperazine rings is 1. The highest BCUT2D eigenvalue weighted by Crippen LogP contribution is 2.07. The fraction of sp³-hybridized carbons (Fsp3) is 0.615. The largest absolute Gasteiger partial charge is 0.445 e. The second kappa shape index (κ2) is 7.56. The third kappa shape index (κ3) is 5.11. The van der Waals surface area contributed by atoms with Gasteiger partial charge in [0.15, 0.2) is 0 Å². The summed E-state index contributed by atoms with van der Waals surface area (Å²) >= 11 is 0. The van der Waals surface area contributed by atoms with Crippen molar-refractivity contribution in [2.24, 2.45) is 0 Å². The maximum absolute atomic E-state index is 11.8. The van der Waals surface area contributed by atoms with Crippen LogP contribution in [0, 0.1) is 0 Å². The highest BCUT2D eigenvalue weighted by Gasteiger charge is 2.24. The van der Waals surface area contributed by atoms with Gasteiger partial charge < -0.3 is 19.3 Å². The molecular formula is C13H20N2O4. The molecule has 1 saturated heterocycles. The lowest BCUT2D eigenvalue weighted by Crippen LogP contribution is -2.50. The van der Waals surface area contributed by atoms with Crippen molar-refractivity contribution in [1.29, 1.82) is 0 Å². The van der Waals surface area contributed by atoms with Crippen LogP contribution in [0.2, 0.25) is 0 Å². The average molecular weight is 268 g/mol. The van der Waals surface area contributed by atoms with E-state index in [1.807, 2.05) is 0 Å². The van der Waals surface area contributed by atoms with Crippen LogP contribution in [0.15, 0.2) is 12.7 Å². The first-order valence-electron chi connectivity index (χ1n) is 6.34. The van der Waals surface area contributed by atoms with E-state index >= 15 is 0 Å². The molecule has 0 saturated carbocycles. The number of ether oxygens (including phenoxy) is 1. The molecule has 1 aliphatic heterocycles. The Labute approximate surface area is 113 Å². The molecule has 0 N–H and O–H groups in total. The van der Waals surface area contributed by atoms with Crippen molar-refractivity contribution in [1.82, 2.24) is 9.80 Å². The Hall–Kier alpha value is -1.85. The van der Waals surface area contributed by atoms with Crippen LogP contribution in [0.5, 0.6) is 0 Å². The van der Waals surface area contributed by atoms with Crippen molar-refractivity contribution in [3.8, 4) is 0 Å². The van der Waals surface area contributed by atoms with Crippen molar-refractivity contribution in [2.45, 2.75) is 19.8 Å². The van der Waals surface area contributed by atoms with Crippen LogP contribution >= 0.6 is 0 Å². The Balaban J connectivity index is 2.31. The van der Waals surface area contributed by atoms with E-state index in [-0.39, 0.29) is 37.2 Å². The van der Waals surface area contributed by atoms with E-state index in [9.17, 15) is 14.4 Å². The second-order valence-electron chi connectivity index (χ2n) is 4.44. The Kier molecular flexibility index (Phi) is 6.05. The summed E-state index contributed by atoms with van der Waals surface area (Å²) in [6, 6.07) is 0. The number of ketones is 1. The number of amides is 2. The lowest BCUT2D eigenvalue weighted by Gasteiger charge is -2.34. The lowest BCUT2D eigenvalue weighted by atomic mass is 10.2. The Morgan fingerprint density at radius 3 is 2.21 bits per heavy atom. The Morgan fingerprint density at radius 2 is 1.68 bits per heavy atom. The van der Waals surface area contributed by atoms with E-state index in [0.29, 0.717) is 26.2 Å². The molecule has 0 atom stereocenters. The van der Waals surface area contributed by atoms with Gasteiger partial charge in [0.2, 0.25) is 5.91 Å². The van der Waals surface area contributed by atoms with Crippen LogP contribution in [0.1, 0.15) is 19.8 Å². The molecule has 1 rings (SSSR count). The second-order valence-corrected chi connectivity index (χ2v) is 4.44. The van der Waals surface area contributed by atoms with Gasteiger partial charge in [-0.05, 0) is 6.92 Å². The van der Waals surface area contributed by atoms with Gasteiger partial charge in [-0.3, -0.25) is 4.79 Å². The molecule has 6 nitrogen and oxygen atoms in total. The molecule has 106 valence electrons. The summed E-state index contributed by atoms with van der Waals surface area (Å²) < 4.78 is 4.93. The predicted molar refractivity (Wildman–Crippen MR) is 69.6 cm³/mol. The third-order valence-corrected chi connectivity index (χ3v) is 2.91. The van der Waals surface area contributed by atoms with E-state index in [2.05, 4.69) is 6.58 Å². The first-order chi connectivity index (χ1) is 9.04. The highest BCUT2D eigenvalue weighted by molar-refractivity contribution is 5.83. The van der Waals surface area contributed by atoms with Crippen molar-refractivity contribution >= 4 is 17.8 Å². The van der Waals surface area contributed by atoms with Crippen LogP contribution in [-0.4, -0.2) is 60.4 Å². The molecule has 19 heavy (non-hydrogen) atoms. The standard InChI is InChI=1S/C13H20N2O4/c1-3-10-19-13(18)15-8-6-14(7-9-15)12(17)5-4-11(2)16/h3H,1,4-10H2,2H3. The highest BCUT2D eigenvalue weighted by atomic mass is 16.6. The number of rotatable bonds is 5. The van der Waals surface area contributed by atoms with Gasteiger partial charge >= 0.3 is 6.09 Å². The minimum absolute atomic E-state index is 0.0139. The normalized spacial score (nSPS) is 15.0. The number of carbonyl (C=O) groups is 3. The number of hydrogen-bond donors (Lipinski definition) is 0. The van der Waals surface area contributed by atoms with Gasteiger partial charge in [-0.15, -0.1) is 0 Å². The molecule has 0 aromatic rings. The molecule has 0 aromatic heterocycles. The summed E-state index contributed by atoms with van der Waals surface area (Å²) in [6.07, 6.45) is 1.66. The van der Waals surface area contributed by atoms with Crippen molar-refractivity contribution in [3.63, 3.8) is 0 Å². The smallest absolute Gasteiger partial charge is 0.410 e. The van der Waals surface area contributed by atoms with Crippen LogP contribution in [0.25, 0.3) is 0 Å². The topological polar surface area (TPSA) is 66.9 Å². The maximum atomic E-state index is 11.8. The minimum atomic E-state index is -0.379. The van der Waals surface area contributed by atoms with E-state index < -0.39 is 0 Å². The molecular weight excluding hydrogens is 248 g/mol. The van der Waals surface area contributed by atoms with Crippen LogP contribution in [0.4, 0.5) is 4.79 Å². The van der Waals surface area contributed by atoms with Gasteiger partial charge in [0.1, 0.15) is 12.4 Å². The van der Waals surface area contributed by atoms with Crippen molar-refractivity contribution < 1.29 is 19.1 Å². The molecule has 2 amide bonds. The molecule has 0 aliphatic carbocycles. The van der Waals surface area contributed by atoms with Gasteiger partial charge in [-0.1, -0.05) is 12.7 Å². The zero-order valence-corrected chi connectivity index (χ0v) is 11.3. The molecule has 1 aliphatic rings. The van der Waals surface area contributed by atoms with E-state index in [4.69, 9.17) is 4.74 Å². The summed E-state index contributed by atoms with van der Waals surface area (Å²) in [5.41, 5.74) is 0. The van der Waals surface area contributed by atoms with E-state index in [1.54, 1.807) is 9.80 Å². The quantitative estimate of drug-likeness (QED) is 0.692. The fourth-order valence-corrected chi connectivity index (χ4v) is 1.80. The zero-order chi connectivity index (χ0) is 14.3. The van der Waals surface area contributed by atoms with E-state index in [0.717, 1.165) is 0 Å². The minimum Gasteiger partial charge on any atom is -0.445 e. The summed E-state index contributed by atoms with van der Waals surface area (Å²) in [5.74, 6) is -0.0192. The average Bonchev–Trinajstić information content (AvgIpc) is 2.42. The molecule has 0 aromatic carbocycles. The fourth-order valence-electron chi connectivity index (χ4n) is 1.80. The summed E-state index contributed by atoms with van der Waals surface area (Å²) in [4.78, 5) is 37.4. The number of nitrogens with zero attached hydrogens (tertiary/aromatic N) is 2. The van der Waals surface area contributed by atoms with Crippen molar-refractivity contribution in [3.05, 3.63) is 12.7 Å². The SMILES string of the molecule is C=CCOC(=O)N1CCN(C(=O)CCC(C)=O)CC1. The molecule has 0 bridgehead atoms. The number of Topliss-reactive ketones (excluding diaryl/α,β-unsaturated/α-hetero) is 1. The van der Waals surface area contributed by atoms with Gasteiger partial charge in [0, 0.05) is 39.0 Å². The van der Waals surface area contributed by atoms with Crippen LogP contribution in [-0.2, 0) is 14.3 Å². The molecule has 1 heterocycles. The molecule has 6 heteroatoms. The maximum Gasteiger partial charge on any atom is 0.410 e. The first-order valence-corrected chi connectivity index (χ1v) is 6.34. The predicted octanol–water partition coefficient (Wildman–Crippen LogP) is 0.822. The summed E-state index contributed by atoms with van der Waals surface area (Å²) in [5, 5.41) is 0. The number of hydrogen-bond acceptors (Lipinski definition) is 4. The van der Waals surface area contributed by atoms with E-state index in [1.165, 1.54) is 13.0 Å². The van der Waals surface area contributed by atoms with Gasteiger partial charge in [-0.25, -0.2) is 4.79 Å². The van der Waals surface area contributed by atoms with Crippen LogP contribution < -0.4 is 0 Å². The van der Waals surface area contributed by atoms with Gasteiger partial charge in [-0.2, -0.15) is 0 Å².